The first kappa shape index (κ1) is 31.2. The summed E-state index contributed by atoms with van der Waals surface area (Å²) in [5, 5.41) is 16.3. The third-order valence-corrected chi connectivity index (χ3v) is 8.08. The van der Waals surface area contributed by atoms with E-state index in [1.807, 2.05) is 61.5 Å². The summed E-state index contributed by atoms with van der Waals surface area (Å²) in [4.78, 5) is 34.4. The fourth-order valence-electron chi connectivity index (χ4n) is 5.57. The zero-order valence-corrected chi connectivity index (χ0v) is 25.5. The fraction of sp³-hybridized carbons (Fsp3) is 0.382. The van der Waals surface area contributed by atoms with Crippen LogP contribution < -0.4 is 15.5 Å². The van der Waals surface area contributed by atoms with E-state index in [-0.39, 0.29) is 18.0 Å². The largest absolute Gasteiger partial charge is 0.393 e. The Hall–Kier alpha value is -4.25. The molecule has 4 aromatic rings. The molecular weight excluding hydrogens is 556 g/mol. The first-order chi connectivity index (χ1) is 21.4. The summed E-state index contributed by atoms with van der Waals surface area (Å²) in [5.74, 6) is 0.247. The van der Waals surface area contributed by atoms with Crippen LogP contribution in [0.15, 0.2) is 73.1 Å². The van der Waals surface area contributed by atoms with Crippen LogP contribution in [0.1, 0.15) is 42.1 Å². The van der Waals surface area contributed by atoms with Crippen LogP contribution in [0.5, 0.6) is 0 Å². The summed E-state index contributed by atoms with van der Waals surface area (Å²) in [6.45, 7) is 6.77. The Balaban J connectivity index is 1.28. The summed E-state index contributed by atoms with van der Waals surface area (Å²) in [7, 11) is 1.61. The van der Waals surface area contributed by atoms with Crippen molar-refractivity contribution in [2.75, 3.05) is 56.7 Å². The topological polar surface area (TPSA) is 112 Å². The van der Waals surface area contributed by atoms with Gasteiger partial charge in [0, 0.05) is 87.2 Å². The molecule has 0 bridgehead atoms. The molecule has 0 aliphatic carbocycles. The van der Waals surface area contributed by atoms with Crippen molar-refractivity contribution in [3.63, 3.8) is 0 Å². The van der Waals surface area contributed by atoms with Crippen LogP contribution >= 0.6 is 0 Å². The average Bonchev–Trinajstić information content (AvgIpc) is 3.48. The lowest BCUT2D eigenvalue weighted by Gasteiger charge is -2.29. The van der Waals surface area contributed by atoms with Gasteiger partial charge in [-0.05, 0) is 80.6 Å². The Morgan fingerprint density at radius 2 is 1.82 bits per heavy atom. The molecule has 0 spiro atoms. The molecule has 2 aromatic carbocycles. The molecule has 232 valence electrons. The van der Waals surface area contributed by atoms with Crippen molar-refractivity contribution >= 4 is 40.0 Å². The number of anilines is 3. The maximum absolute atomic E-state index is 13.1. The van der Waals surface area contributed by atoms with E-state index in [0.717, 1.165) is 67.6 Å². The predicted molar refractivity (Wildman–Crippen MR) is 174 cm³/mol. The summed E-state index contributed by atoms with van der Waals surface area (Å²) < 4.78 is 7.19. The number of rotatable bonds is 12. The number of benzene rings is 2. The number of pyridine rings is 1. The molecule has 1 aliphatic heterocycles. The molecule has 1 fully saturated rings. The van der Waals surface area contributed by atoms with Crippen LogP contribution in [0.2, 0.25) is 0 Å². The molecule has 1 saturated heterocycles. The van der Waals surface area contributed by atoms with E-state index in [9.17, 15) is 14.7 Å². The van der Waals surface area contributed by atoms with Crippen LogP contribution in [0.4, 0.5) is 22.0 Å². The molecule has 1 aliphatic rings. The van der Waals surface area contributed by atoms with Gasteiger partial charge >= 0.3 is 6.03 Å². The average molecular weight is 599 g/mol. The number of hydrogen-bond donors (Lipinski definition) is 3. The number of aromatic nitrogens is 2. The molecule has 5 rings (SSSR count). The molecular formula is C34H42N6O4. The number of hydrogen-bond acceptors (Lipinski definition) is 7. The zero-order valence-electron chi connectivity index (χ0n) is 25.5. The van der Waals surface area contributed by atoms with Crippen LogP contribution in [0.3, 0.4) is 0 Å². The second kappa shape index (κ2) is 15.0. The lowest BCUT2D eigenvalue weighted by atomic mass is 10.1. The Labute approximate surface area is 258 Å². The lowest BCUT2D eigenvalue weighted by molar-refractivity contribution is 0.0832. The van der Waals surface area contributed by atoms with Crippen molar-refractivity contribution in [2.45, 2.75) is 38.7 Å². The van der Waals surface area contributed by atoms with Gasteiger partial charge in [0.1, 0.15) is 5.82 Å². The van der Waals surface area contributed by atoms with E-state index in [1.54, 1.807) is 24.0 Å². The van der Waals surface area contributed by atoms with Gasteiger partial charge in [0.2, 0.25) is 0 Å². The van der Waals surface area contributed by atoms with Gasteiger partial charge in [-0.3, -0.25) is 9.36 Å². The number of amides is 2. The van der Waals surface area contributed by atoms with Crippen LogP contribution in [-0.4, -0.2) is 84.0 Å². The lowest BCUT2D eigenvalue weighted by Crippen LogP contribution is -2.37. The van der Waals surface area contributed by atoms with E-state index in [1.165, 1.54) is 5.56 Å². The molecule has 2 amide bonds. The Morgan fingerprint density at radius 3 is 2.57 bits per heavy atom. The SMILES string of the molecule is CCOCCCN(c1ccnc(NC(=O)c2ccc(CCN3CCC(O)CC3)cc2)c1)c1ccc2c(ccn2C(=O)NC)c1. The second-order valence-electron chi connectivity index (χ2n) is 11.1. The van der Waals surface area contributed by atoms with E-state index in [0.29, 0.717) is 31.1 Å². The summed E-state index contributed by atoms with van der Waals surface area (Å²) in [6, 6.07) is 19.3. The predicted octanol–water partition coefficient (Wildman–Crippen LogP) is 5.04. The minimum absolute atomic E-state index is 0.165. The van der Waals surface area contributed by atoms with Gasteiger partial charge in [0.25, 0.3) is 5.91 Å². The third-order valence-electron chi connectivity index (χ3n) is 8.08. The minimum Gasteiger partial charge on any atom is -0.393 e. The minimum atomic E-state index is -0.217. The highest BCUT2D eigenvalue weighted by molar-refractivity contribution is 6.04. The number of carbonyl (C=O) groups excluding carboxylic acids is 2. The number of ether oxygens (including phenoxy) is 1. The van der Waals surface area contributed by atoms with Crippen molar-refractivity contribution in [2.24, 2.45) is 0 Å². The number of piperidine rings is 1. The number of likely N-dealkylation sites (tertiary alicyclic amines) is 1. The van der Waals surface area contributed by atoms with Crippen molar-refractivity contribution in [1.82, 2.24) is 19.8 Å². The van der Waals surface area contributed by atoms with Crippen LogP contribution in [-0.2, 0) is 11.2 Å². The quantitative estimate of drug-likeness (QED) is 0.196. The first-order valence-electron chi connectivity index (χ1n) is 15.4. The highest BCUT2D eigenvalue weighted by Crippen LogP contribution is 2.30. The van der Waals surface area contributed by atoms with Crippen molar-refractivity contribution in [3.05, 3.63) is 84.2 Å². The number of aliphatic hydroxyl groups excluding tert-OH is 1. The molecule has 10 heteroatoms. The monoisotopic (exact) mass is 598 g/mol. The molecule has 0 unspecified atom stereocenters. The maximum Gasteiger partial charge on any atom is 0.325 e. The number of fused-ring (bicyclic) bond motifs is 1. The number of aliphatic hydroxyl groups is 1. The highest BCUT2D eigenvalue weighted by Gasteiger charge is 2.17. The van der Waals surface area contributed by atoms with Gasteiger partial charge in [-0.15, -0.1) is 0 Å². The molecule has 0 radical (unpaired) electrons. The number of nitrogens with one attached hydrogen (secondary N) is 2. The molecule has 2 aromatic heterocycles. The highest BCUT2D eigenvalue weighted by atomic mass is 16.5. The van der Waals surface area contributed by atoms with Crippen molar-refractivity contribution < 1.29 is 19.4 Å². The van der Waals surface area contributed by atoms with Crippen molar-refractivity contribution in [3.8, 4) is 0 Å². The van der Waals surface area contributed by atoms with Gasteiger partial charge in [0.15, 0.2) is 0 Å². The number of nitrogens with zero attached hydrogens (tertiary/aromatic N) is 4. The Kier molecular flexibility index (Phi) is 10.6. The number of carbonyl (C=O) groups is 2. The van der Waals surface area contributed by atoms with Crippen LogP contribution in [0, 0.1) is 0 Å². The van der Waals surface area contributed by atoms with Crippen molar-refractivity contribution in [1.29, 1.82) is 0 Å². The van der Waals surface area contributed by atoms with Crippen LogP contribution in [0.25, 0.3) is 10.9 Å². The van der Waals surface area contributed by atoms with Gasteiger partial charge in [-0.25, -0.2) is 9.78 Å². The first-order valence-corrected chi connectivity index (χ1v) is 15.4. The van der Waals surface area contributed by atoms with E-state index in [4.69, 9.17) is 4.74 Å². The van der Waals surface area contributed by atoms with E-state index >= 15 is 0 Å². The summed E-state index contributed by atoms with van der Waals surface area (Å²) >= 11 is 0. The van der Waals surface area contributed by atoms with Gasteiger partial charge in [0.05, 0.1) is 11.6 Å². The third kappa shape index (κ3) is 7.82. The molecule has 3 N–H and O–H groups in total. The zero-order chi connectivity index (χ0) is 30.9. The maximum atomic E-state index is 13.1. The summed E-state index contributed by atoms with van der Waals surface area (Å²) in [5.41, 5.74) is 4.42. The Bertz CT molecular complexity index is 1550. The smallest absolute Gasteiger partial charge is 0.325 e. The normalized spacial score (nSPS) is 14.1. The van der Waals surface area contributed by atoms with E-state index in [2.05, 4.69) is 31.5 Å². The standard InChI is InChI=1S/C34H42N6O4/c1-3-44-22-4-17-39(28-9-10-31-27(23-28)13-21-40(31)34(43)35-2)29-11-16-36-32(24-29)37-33(42)26-7-5-25(6-8-26)12-18-38-19-14-30(41)15-20-38/h5-11,13,16,21,23-24,30,41H,3-4,12,14-15,17-20,22H2,1-2H3,(H,35,43)(H,36,37,42). The molecule has 0 atom stereocenters. The Morgan fingerprint density at radius 1 is 1.05 bits per heavy atom. The summed E-state index contributed by atoms with van der Waals surface area (Å²) in [6.07, 6.45) is 6.68. The van der Waals surface area contributed by atoms with Gasteiger partial charge < -0.3 is 30.3 Å². The van der Waals surface area contributed by atoms with Gasteiger partial charge in [-0.1, -0.05) is 12.1 Å². The van der Waals surface area contributed by atoms with Gasteiger partial charge in [-0.2, -0.15) is 0 Å². The fourth-order valence-corrected chi connectivity index (χ4v) is 5.57. The van der Waals surface area contributed by atoms with E-state index < -0.39 is 0 Å². The molecule has 3 heterocycles. The second-order valence-corrected chi connectivity index (χ2v) is 11.1. The molecule has 10 nitrogen and oxygen atoms in total. The molecule has 0 saturated carbocycles. The molecule has 44 heavy (non-hydrogen) atoms.